The van der Waals surface area contributed by atoms with E-state index in [1.165, 1.54) is 12.1 Å². The highest BCUT2D eigenvalue weighted by atomic mass is 19.1. The summed E-state index contributed by atoms with van der Waals surface area (Å²) in [5.41, 5.74) is 2.45. The number of likely N-dealkylation sites (tertiary alicyclic amines) is 1. The zero-order chi connectivity index (χ0) is 16.4. The number of hydrogen-bond donors (Lipinski definition) is 1. The Morgan fingerprint density at radius 1 is 1.39 bits per heavy atom. The lowest BCUT2D eigenvalue weighted by Gasteiger charge is -2.25. The molecule has 1 fully saturated rings. The molecule has 1 aliphatic heterocycles. The zero-order valence-electron chi connectivity index (χ0n) is 12.9. The van der Waals surface area contributed by atoms with Gasteiger partial charge < -0.3 is 10.0 Å². The standard InChI is InChI=1S/C18H19FN2O2/c1-12-5-6-13(10-20-12)7-18(23)21-11-16(22)9-17(21)14-3-2-4-15(19)8-14/h2-6,8,10,16-17,22H,7,9,11H2,1H3/t16-,17+/m0/s1. The van der Waals surface area contributed by atoms with Crippen molar-refractivity contribution >= 4 is 5.91 Å². The number of β-amino-alcohol motifs (C(OH)–C–C–N with tert-alkyl or cyclic N) is 1. The third-order valence-corrected chi connectivity index (χ3v) is 4.16. The zero-order valence-corrected chi connectivity index (χ0v) is 12.9. The molecule has 1 aromatic carbocycles. The van der Waals surface area contributed by atoms with Crippen LogP contribution in [0.5, 0.6) is 0 Å². The number of benzene rings is 1. The van der Waals surface area contributed by atoms with E-state index in [1.54, 1.807) is 23.2 Å². The van der Waals surface area contributed by atoms with Gasteiger partial charge in [0, 0.05) is 18.4 Å². The molecule has 0 bridgehead atoms. The lowest BCUT2D eigenvalue weighted by atomic mass is 10.0. The summed E-state index contributed by atoms with van der Waals surface area (Å²) in [6.45, 7) is 2.17. The van der Waals surface area contributed by atoms with Gasteiger partial charge in [0.15, 0.2) is 0 Å². The van der Waals surface area contributed by atoms with Crippen LogP contribution >= 0.6 is 0 Å². The predicted octanol–water partition coefficient (Wildman–Crippen LogP) is 2.41. The van der Waals surface area contributed by atoms with Crippen LogP contribution in [0.25, 0.3) is 0 Å². The summed E-state index contributed by atoms with van der Waals surface area (Å²) in [4.78, 5) is 18.4. The molecule has 120 valence electrons. The first-order valence-corrected chi connectivity index (χ1v) is 7.67. The van der Waals surface area contributed by atoms with Gasteiger partial charge in [-0.05, 0) is 42.7 Å². The Bertz CT molecular complexity index is 702. The van der Waals surface area contributed by atoms with Crippen molar-refractivity contribution in [1.82, 2.24) is 9.88 Å². The third-order valence-electron chi connectivity index (χ3n) is 4.16. The number of carbonyl (C=O) groups excluding carboxylic acids is 1. The molecule has 1 amide bonds. The van der Waals surface area contributed by atoms with Crippen molar-refractivity contribution in [2.24, 2.45) is 0 Å². The maximum absolute atomic E-state index is 13.5. The van der Waals surface area contributed by atoms with Crippen LogP contribution in [0, 0.1) is 12.7 Å². The molecular formula is C18H19FN2O2. The van der Waals surface area contributed by atoms with E-state index in [-0.39, 0.29) is 30.7 Å². The Kier molecular flexibility index (Phi) is 4.39. The molecule has 0 unspecified atom stereocenters. The van der Waals surface area contributed by atoms with Crippen LogP contribution in [0.15, 0.2) is 42.6 Å². The largest absolute Gasteiger partial charge is 0.391 e. The summed E-state index contributed by atoms with van der Waals surface area (Å²) in [6, 6.07) is 9.68. The maximum atomic E-state index is 13.5. The minimum absolute atomic E-state index is 0.0820. The average Bonchev–Trinajstić information content (AvgIpc) is 2.92. The van der Waals surface area contributed by atoms with Gasteiger partial charge in [-0.25, -0.2) is 4.39 Å². The van der Waals surface area contributed by atoms with Crippen molar-refractivity contribution in [2.75, 3.05) is 6.54 Å². The molecule has 23 heavy (non-hydrogen) atoms. The highest BCUT2D eigenvalue weighted by Gasteiger charge is 2.35. The van der Waals surface area contributed by atoms with Crippen molar-refractivity contribution < 1.29 is 14.3 Å². The molecular weight excluding hydrogens is 295 g/mol. The van der Waals surface area contributed by atoms with Gasteiger partial charge in [-0.2, -0.15) is 0 Å². The Balaban J connectivity index is 1.78. The molecule has 1 N–H and O–H groups in total. The van der Waals surface area contributed by atoms with Gasteiger partial charge in [-0.1, -0.05) is 18.2 Å². The minimum Gasteiger partial charge on any atom is -0.391 e. The fourth-order valence-electron chi connectivity index (χ4n) is 3.00. The van der Waals surface area contributed by atoms with Crippen molar-refractivity contribution in [3.05, 3.63) is 65.2 Å². The van der Waals surface area contributed by atoms with Crippen LogP contribution in [0.2, 0.25) is 0 Å². The fraction of sp³-hybridized carbons (Fsp3) is 0.333. The molecule has 2 heterocycles. The first-order valence-electron chi connectivity index (χ1n) is 7.67. The lowest BCUT2D eigenvalue weighted by molar-refractivity contribution is -0.131. The second kappa shape index (κ2) is 6.46. The summed E-state index contributed by atoms with van der Waals surface area (Å²) in [6.07, 6.45) is 1.77. The molecule has 1 aromatic heterocycles. The highest BCUT2D eigenvalue weighted by Crippen LogP contribution is 2.32. The normalized spacial score (nSPS) is 20.7. The molecule has 0 aliphatic carbocycles. The SMILES string of the molecule is Cc1ccc(CC(=O)N2C[C@@H](O)C[C@@H]2c2cccc(F)c2)cn1. The maximum Gasteiger partial charge on any atom is 0.227 e. The molecule has 2 atom stereocenters. The Morgan fingerprint density at radius 2 is 2.22 bits per heavy atom. The average molecular weight is 314 g/mol. The Morgan fingerprint density at radius 3 is 2.91 bits per heavy atom. The number of rotatable bonds is 3. The minimum atomic E-state index is -0.580. The number of carbonyl (C=O) groups is 1. The van der Waals surface area contributed by atoms with Crippen LogP contribution in [-0.4, -0.2) is 33.5 Å². The van der Waals surface area contributed by atoms with Gasteiger partial charge in [0.05, 0.1) is 18.6 Å². The molecule has 4 nitrogen and oxygen atoms in total. The van der Waals surface area contributed by atoms with E-state index in [2.05, 4.69) is 4.98 Å². The summed E-state index contributed by atoms with van der Waals surface area (Å²) < 4.78 is 13.5. The highest BCUT2D eigenvalue weighted by molar-refractivity contribution is 5.79. The molecule has 1 aliphatic rings. The number of pyridine rings is 1. The van der Waals surface area contributed by atoms with E-state index < -0.39 is 6.10 Å². The number of aliphatic hydroxyl groups excluding tert-OH is 1. The van der Waals surface area contributed by atoms with Crippen LogP contribution in [0.3, 0.4) is 0 Å². The smallest absolute Gasteiger partial charge is 0.227 e. The predicted molar refractivity (Wildman–Crippen MR) is 84.2 cm³/mol. The van der Waals surface area contributed by atoms with Gasteiger partial charge in [-0.3, -0.25) is 9.78 Å². The molecule has 2 aromatic rings. The van der Waals surface area contributed by atoms with Gasteiger partial charge in [0.1, 0.15) is 5.82 Å². The Labute approximate surface area is 134 Å². The number of hydrogen-bond acceptors (Lipinski definition) is 3. The van der Waals surface area contributed by atoms with Crippen molar-refractivity contribution in [3.8, 4) is 0 Å². The number of aromatic nitrogens is 1. The second-order valence-electron chi connectivity index (χ2n) is 5.99. The number of aryl methyl sites for hydroxylation is 1. The van der Waals surface area contributed by atoms with Crippen LogP contribution < -0.4 is 0 Å². The summed E-state index contributed by atoms with van der Waals surface area (Å²) in [5.74, 6) is -0.416. The van der Waals surface area contributed by atoms with Crippen LogP contribution in [-0.2, 0) is 11.2 Å². The van der Waals surface area contributed by atoms with E-state index in [0.717, 1.165) is 16.8 Å². The van der Waals surface area contributed by atoms with E-state index in [1.807, 2.05) is 19.1 Å². The first kappa shape index (κ1) is 15.6. The van der Waals surface area contributed by atoms with Gasteiger partial charge in [-0.15, -0.1) is 0 Å². The molecule has 0 saturated carbocycles. The first-order chi connectivity index (χ1) is 11.0. The molecule has 5 heteroatoms. The van der Waals surface area contributed by atoms with E-state index in [9.17, 15) is 14.3 Å². The Hall–Kier alpha value is -2.27. The number of halogens is 1. The van der Waals surface area contributed by atoms with Crippen LogP contribution in [0.1, 0.15) is 29.3 Å². The van der Waals surface area contributed by atoms with Crippen molar-refractivity contribution in [2.45, 2.75) is 31.9 Å². The second-order valence-corrected chi connectivity index (χ2v) is 5.99. The monoisotopic (exact) mass is 314 g/mol. The fourth-order valence-corrected chi connectivity index (χ4v) is 3.00. The summed E-state index contributed by atoms with van der Waals surface area (Å²) in [7, 11) is 0. The summed E-state index contributed by atoms with van der Waals surface area (Å²) in [5, 5.41) is 9.95. The molecule has 1 saturated heterocycles. The quantitative estimate of drug-likeness (QED) is 0.946. The molecule has 0 spiro atoms. The number of amides is 1. The van der Waals surface area contributed by atoms with Crippen molar-refractivity contribution in [3.63, 3.8) is 0 Å². The molecule has 0 radical (unpaired) electrons. The van der Waals surface area contributed by atoms with E-state index >= 15 is 0 Å². The van der Waals surface area contributed by atoms with Gasteiger partial charge in [0.2, 0.25) is 5.91 Å². The van der Waals surface area contributed by atoms with Crippen molar-refractivity contribution in [1.29, 1.82) is 0 Å². The lowest BCUT2D eigenvalue weighted by Crippen LogP contribution is -2.33. The van der Waals surface area contributed by atoms with Gasteiger partial charge in [0.25, 0.3) is 0 Å². The molecule has 3 rings (SSSR count). The van der Waals surface area contributed by atoms with E-state index in [4.69, 9.17) is 0 Å². The topological polar surface area (TPSA) is 53.4 Å². The number of aliphatic hydroxyl groups is 1. The number of nitrogens with zero attached hydrogens (tertiary/aromatic N) is 2. The van der Waals surface area contributed by atoms with Gasteiger partial charge >= 0.3 is 0 Å². The summed E-state index contributed by atoms with van der Waals surface area (Å²) >= 11 is 0. The van der Waals surface area contributed by atoms with Crippen LogP contribution in [0.4, 0.5) is 4.39 Å². The third kappa shape index (κ3) is 3.56. The van der Waals surface area contributed by atoms with E-state index in [0.29, 0.717) is 6.42 Å².